The lowest BCUT2D eigenvalue weighted by molar-refractivity contribution is 0.431. The summed E-state index contributed by atoms with van der Waals surface area (Å²) in [6, 6.07) is 10.7. The molecule has 1 aliphatic rings. The first-order chi connectivity index (χ1) is 9.18. The second-order valence-electron chi connectivity index (χ2n) is 7.65. The van der Waals surface area contributed by atoms with E-state index in [1.165, 1.54) is 16.0 Å². The molecule has 2 rings (SSSR count). The van der Waals surface area contributed by atoms with Crippen LogP contribution in [0.15, 0.2) is 47.4 Å². The Morgan fingerprint density at radius 1 is 0.900 bits per heavy atom. The van der Waals surface area contributed by atoms with E-state index in [0.717, 1.165) is 0 Å². The van der Waals surface area contributed by atoms with Crippen LogP contribution >= 0.6 is 11.8 Å². The van der Waals surface area contributed by atoms with Crippen LogP contribution in [0, 0.1) is 10.8 Å². The number of benzene rings is 1. The Bertz CT molecular complexity index is 521. The summed E-state index contributed by atoms with van der Waals surface area (Å²) in [5, 5.41) is 0.525. The number of thioether (sulfide) groups is 1. The third-order valence-electron chi connectivity index (χ3n) is 3.57. The van der Waals surface area contributed by atoms with Crippen molar-refractivity contribution < 1.29 is 0 Å². The molecule has 108 valence electrons. The Labute approximate surface area is 128 Å². The van der Waals surface area contributed by atoms with Crippen molar-refractivity contribution in [3.63, 3.8) is 0 Å². The monoisotopic (exact) mass is 286 g/mol. The van der Waals surface area contributed by atoms with Gasteiger partial charge in [-0.2, -0.15) is 0 Å². The Balaban J connectivity index is 2.46. The number of allylic oxidation sites excluding steroid dienone is 3. The van der Waals surface area contributed by atoms with E-state index in [-0.39, 0.29) is 10.8 Å². The molecule has 1 heteroatoms. The summed E-state index contributed by atoms with van der Waals surface area (Å²) in [5.41, 5.74) is 3.18. The van der Waals surface area contributed by atoms with Crippen molar-refractivity contribution in [3.05, 3.63) is 53.0 Å². The normalized spacial score (nSPS) is 20.4. The molecule has 20 heavy (non-hydrogen) atoms. The lowest BCUT2D eigenvalue weighted by Crippen LogP contribution is -2.25. The van der Waals surface area contributed by atoms with Gasteiger partial charge in [0.25, 0.3) is 0 Å². The van der Waals surface area contributed by atoms with E-state index in [9.17, 15) is 0 Å². The highest BCUT2D eigenvalue weighted by Crippen LogP contribution is 2.47. The minimum absolute atomic E-state index is 0.211. The molecule has 0 nitrogen and oxygen atoms in total. The first kappa shape index (κ1) is 15.4. The van der Waals surface area contributed by atoms with Crippen LogP contribution in [0.5, 0.6) is 0 Å². The van der Waals surface area contributed by atoms with Crippen LogP contribution in [0.3, 0.4) is 0 Å². The van der Waals surface area contributed by atoms with Gasteiger partial charge in [0.2, 0.25) is 0 Å². The minimum atomic E-state index is 0.211. The predicted octanol–water partition coefficient (Wildman–Crippen LogP) is 6.16. The van der Waals surface area contributed by atoms with Gasteiger partial charge in [-0.1, -0.05) is 78.0 Å². The molecule has 0 bridgehead atoms. The van der Waals surface area contributed by atoms with Crippen LogP contribution in [0.1, 0.15) is 47.1 Å². The van der Waals surface area contributed by atoms with E-state index in [1.54, 1.807) is 0 Å². The fraction of sp³-hybridized carbons (Fsp3) is 0.474. The average molecular weight is 286 g/mol. The molecule has 1 aromatic carbocycles. The topological polar surface area (TPSA) is 0 Å². The summed E-state index contributed by atoms with van der Waals surface area (Å²) < 4.78 is 0. The third kappa shape index (κ3) is 3.58. The molecule has 0 spiro atoms. The Morgan fingerprint density at radius 2 is 1.50 bits per heavy atom. The average Bonchev–Trinajstić information content (AvgIpc) is 2.37. The third-order valence-corrected chi connectivity index (χ3v) is 5.65. The molecule has 0 N–H and O–H groups in total. The second-order valence-corrected chi connectivity index (χ2v) is 8.83. The molecular weight excluding hydrogens is 260 g/mol. The van der Waals surface area contributed by atoms with Gasteiger partial charge in [0.15, 0.2) is 0 Å². The van der Waals surface area contributed by atoms with Gasteiger partial charge in [-0.25, -0.2) is 0 Å². The van der Waals surface area contributed by atoms with Crippen molar-refractivity contribution in [2.75, 3.05) is 0 Å². The van der Waals surface area contributed by atoms with E-state index in [0.29, 0.717) is 5.25 Å². The first-order valence-corrected chi connectivity index (χ1v) is 8.22. The summed E-state index contributed by atoms with van der Waals surface area (Å²) in [6.45, 7) is 13.9. The summed E-state index contributed by atoms with van der Waals surface area (Å²) in [7, 11) is 0. The van der Waals surface area contributed by atoms with Crippen molar-refractivity contribution in [2.45, 2.75) is 46.8 Å². The fourth-order valence-corrected chi connectivity index (χ4v) is 3.58. The van der Waals surface area contributed by atoms with Crippen molar-refractivity contribution in [1.82, 2.24) is 0 Å². The van der Waals surface area contributed by atoms with Crippen LogP contribution in [0.25, 0.3) is 5.57 Å². The zero-order valence-corrected chi connectivity index (χ0v) is 14.3. The fourth-order valence-electron chi connectivity index (χ4n) is 2.19. The molecule has 0 saturated heterocycles. The first-order valence-electron chi connectivity index (χ1n) is 7.34. The highest BCUT2D eigenvalue weighted by atomic mass is 32.2. The summed E-state index contributed by atoms with van der Waals surface area (Å²) in [4.78, 5) is 1.48. The van der Waals surface area contributed by atoms with E-state index < -0.39 is 0 Å². The largest absolute Gasteiger partial charge is 0.122 e. The summed E-state index contributed by atoms with van der Waals surface area (Å²) in [6.07, 6.45) is 4.82. The predicted molar refractivity (Wildman–Crippen MR) is 92.8 cm³/mol. The quantitative estimate of drug-likeness (QED) is 0.595. The van der Waals surface area contributed by atoms with Gasteiger partial charge in [0.05, 0.1) is 0 Å². The molecule has 0 aromatic heterocycles. The van der Waals surface area contributed by atoms with Gasteiger partial charge in [0, 0.05) is 5.25 Å². The van der Waals surface area contributed by atoms with Crippen LogP contribution in [0.4, 0.5) is 0 Å². The van der Waals surface area contributed by atoms with E-state index in [2.05, 4.69) is 84.0 Å². The van der Waals surface area contributed by atoms with E-state index >= 15 is 0 Å². The lowest BCUT2D eigenvalue weighted by Gasteiger charge is -2.36. The second kappa shape index (κ2) is 5.44. The van der Waals surface area contributed by atoms with E-state index in [4.69, 9.17) is 0 Å². The Morgan fingerprint density at radius 3 is 2.00 bits per heavy atom. The van der Waals surface area contributed by atoms with Crippen LogP contribution in [-0.2, 0) is 0 Å². The van der Waals surface area contributed by atoms with E-state index in [1.807, 2.05) is 11.8 Å². The maximum absolute atomic E-state index is 2.44. The molecule has 1 aromatic rings. The molecule has 0 radical (unpaired) electrons. The van der Waals surface area contributed by atoms with Gasteiger partial charge in [0.1, 0.15) is 0 Å². The zero-order valence-electron chi connectivity index (χ0n) is 13.5. The molecule has 0 amide bonds. The van der Waals surface area contributed by atoms with Gasteiger partial charge in [-0.15, -0.1) is 11.8 Å². The van der Waals surface area contributed by atoms with Gasteiger partial charge in [-0.05, 0) is 32.9 Å². The summed E-state index contributed by atoms with van der Waals surface area (Å²) in [5.74, 6) is 0. The molecule has 0 fully saturated rings. The van der Waals surface area contributed by atoms with Crippen LogP contribution < -0.4 is 0 Å². The molecule has 1 heterocycles. The molecule has 1 aliphatic heterocycles. The van der Waals surface area contributed by atoms with Crippen LogP contribution in [0.2, 0.25) is 0 Å². The standard InChI is InChI=1S/C19H26S/c1-18(2,3)16-12-15(14-10-8-7-9-11-14)13-17(20-16)19(4,5)6/h7-13,16H,1-6H3. The Hall–Kier alpha value is -0.950. The zero-order chi connectivity index (χ0) is 15.0. The molecule has 1 unspecified atom stereocenters. The minimum Gasteiger partial charge on any atom is -0.122 e. The molecule has 0 aliphatic carbocycles. The number of hydrogen-bond acceptors (Lipinski definition) is 1. The maximum Gasteiger partial charge on any atom is 0.0328 e. The SMILES string of the molecule is CC(C)(C)C1=CC(c2ccccc2)=CC(C(C)(C)C)S1. The highest BCUT2D eigenvalue weighted by Gasteiger charge is 2.31. The molecule has 1 atom stereocenters. The van der Waals surface area contributed by atoms with Crippen molar-refractivity contribution in [2.24, 2.45) is 10.8 Å². The Kier molecular flexibility index (Phi) is 4.20. The molecule has 0 saturated carbocycles. The van der Waals surface area contributed by atoms with Crippen LogP contribution in [-0.4, -0.2) is 5.25 Å². The lowest BCUT2D eigenvalue weighted by atomic mass is 9.87. The number of hydrogen-bond donors (Lipinski definition) is 0. The number of rotatable bonds is 1. The van der Waals surface area contributed by atoms with Crippen molar-refractivity contribution >= 4 is 17.3 Å². The van der Waals surface area contributed by atoms with Crippen molar-refractivity contribution in [3.8, 4) is 0 Å². The highest BCUT2D eigenvalue weighted by molar-refractivity contribution is 8.04. The molecular formula is C19H26S. The van der Waals surface area contributed by atoms with Gasteiger partial charge < -0.3 is 0 Å². The maximum atomic E-state index is 2.44. The van der Waals surface area contributed by atoms with Gasteiger partial charge >= 0.3 is 0 Å². The van der Waals surface area contributed by atoms with Gasteiger partial charge in [-0.3, -0.25) is 0 Å². The van der Waals surface area contributed by atoms with Crippen molar-refractivity contribution in [1.29, 1.82) is 0 Å². The summed E-state index contributed by atoms with van der Waals surface area (Å²) >= 11 is 2.03. The smallest absolute Gasteiger partial charge is 0.0328 e.